The average Bonchev–Trinajstić information content (AvgIpc) is 2.88. The van der Waals surface area contributed by atoms with Crippen LogP contribution in [-0.2, 0) is 19.0 Å². The summed E-state index contributed by atoms with van der Waals surface area (Å²) in [4.78, 5) is 15.3. The number of hydrogen-bond donors (Lipinski definition) is 2. The Hall–Kier alpha value is -0.570. The average molecular weight is 582 g/mol. The SMILES string of the molecule is CCCC(CCC(O)C(C)C[C@]1(C)C[C@@H](C(C)=O)CC(C)C1OC1CC(N2CCCCC2)CC(C)O1)OC(C)(C)O. The van der Waals surface area contributed by atoms with Crippen LogP contribution in [0.15, 0.2) is 0 Å². The number of ketones is 1. The van der Waals surface area contributed by atoms with Gasteiger partial charge < -0.3 is 29.3 Å². The molecule has 7 nitrogen and oxygen atoms in total. The first-order chi connectivity index (χ1) is 19.2. The summed E-state index contributed by atoms with van der Waals surface area (Å²) in [6.45, 7) is 18.3. The lowest BCUT2D eigenvalue weighted by atomic mass is 9.60. The maximum Gasteiger partial charge on any atom is 0.160 e. The summed E-state index contributed by atoms with van der Waals surface area (Å²) in [5.41, 5.74) is -0.245. The Morgan fingerprint density at radius 1 is 1.10 bits per heavy atom. The highest BCUT2D eigenvalue weighted by molar-refractivity contribution is 5.78. The second-order valence-electron chi connectivity index (χ2n) is 14.8. The number of carbonyl (C=O) groups excluding carboxylic acids is 1. The first kappa shape index (κ1) is 34.9. The third-order valence-electron chi connectivity index (χ3n) is 10.1. The number of carbonyl (C=O) groups is 1. The molecule has 0 spiro atoms. The van der Waals surface area contributed by atoms with Gasteiger partial charge in [0.05, 0.1) is 24.4 Å². The molecule has 2 saturated heterocycles. The molecule has 2 N–H and O–H groups in total. The molecular formula is C34H63NO6. The van der Waals surface area contributed by atoms with Crippen molar-refractivity contribution in [2.45, 2.75) is 175 Å². The van der Waals surface area contributed by atoms with Crippen LogP contribution < -0.4 is 0 Å². The Bertz CT molecular complexity index is 795. The number of piperidine rings is 1. The highest BCUT2D eigenvalue weighted by Gasteiger charge is 2.49. The van der Waals surface area contributed by atoms with Gasteiger partial charge >= 0.3 is 0 Å². The molecule has 0 bridgehead atoms. The third kappa shape index (κ3) is 10.5. The number of ether oxygens (including phenoxy) is 3. The highest BCUT2D eigenvalue weighted by Crippen LogP contribution is 2.49. The lowest BCUT2D eigenvalue weighted by Gasteiger charge is -2.51. The van der Waals surface area contributed by atoms with E-state index in [-0.39, 0.29) is 53.6 Å². The molecule has 3 fully saturated rings. The molecule has 41 heavy (non-hydrogen) atoms. The van der Waals surface area contributed by atoms with Crippen molar-refractivity contribution in [2.75, 3.05) is 13.1 Å². The Balaban J connectivity index is 1.69. The molecule has 7 heteroatoms. The maximum absolute atomic E-state index is 12.6. The molecule has 1 saturated carbocycles. The molecule has 2 heterocycles. The summed E-state index contributed by atoms with van der Waals surface area (Å²) < 4.78 is 19.2. The summed E-state index contributed by atoms with van der Waals surface area (Å²) in [5.74, 6) is -0.620. The van der Waals surface area contributed by atoms with Gasteiger partial charge in [-0.2, -0.15) is 0 Å². The maximum atomic E-state index is 12.6. The Morgan fingerprint density at radius 3 is 2.39 bits per heavy atom. The first-order valence-electron chi connectivity index (χ1n) is 16.8. The van der Waals surface area contributed by atoms with Gasteiger partial charge in [0.25, 0.3) is 0 Å². The van der Waals surface area contributed by atoms with E-state index in [0.29, 0.717) is 18.9 Å². The van der Waals surface area contributed by atoms with E-state index in [4.69, 9.17) is 14.2 Å². The van der Waals surface area contributed by atoms with E-state index in [1.165, 1.54) is 32.4 Å². The van der Waals surface area contributed by atoms with Crippen molar-refractivity contribution in [3.05, 3.63) is 0 Å². The van der Waals surface area contributed by atoms with E-state index in [1.807, 2.05) is 0 Å². The fourth-order valence-corrected chi connectivity index (χ4v) is 8.24. The number of likely N-dealkylation sites (tertiary alicyclic amines) is 1. The molecule has 2 aliphatic heterocycles. The van der Waals surface area contributed by atoms with Crippen molar-refractivity contribution in [1.82, 2.24) is 4.90 Å². The minimum Gasteiger partial charge on any atom is -0.393 e. The van der Waals surface area contributed by atoms with Crippen molar-refractivity contribution >= 4 is 5.78 Å². The standard InChI is InChI=1S/C34H63NO6/c1-9-13-29(41-33(6,7)38)14-15-30(37)24(3)21-34(8)22-27(26(5)36)18-23(2)32(34)40-31-20-28(19-25(4)39-31)35-16-11-10-12-17-35/h23-25,27-32,37-38H,9-22H2,1-8H3/t23?,24?,25?,27-,28?,29?,30?,31?,32?,34+/m0/s1. The van der Waals surface area contributed by atoms with E-state index in [0.717, 1.165) is 44.9 Å². The molecule has 0 aromatic carbocycles. The Labute approximate surface area is 251 Å². The van der Waals surface area contributed by atoms with Crippen molar-refractivity contribution in [2.24, 2.45) is 23.2 Å². The number of rotatable bonds is 14. The Kier molecular flexibility index (Phi) is 13.1. The van der Waals surface area contributed by atoms with Crippen LogP contribution in [0, 0.1) is 23.2 Å². The van der Waals surface area contributed by atoms with Crippen LogP contribution in [0.3, 0.4) is 0 Å². The quantitative estimate of drug-likeness (QED) is 0.227. The minimum atomic E-state index is -1.18. The van der Waals surface area contributed by atoms with Gasteiger partial charge in [0.15, 0.2) is 12.1 Å². The number of Topliss-reactive ketones (excluding diaryl/α,β-unsaturated/α-hetero) is 1. The smallest absolute Gasteiger partial charge is 0.160 e. The fourth-order valence-electron chi connectivity index (χ4n) is 8.24. The van der Waals surface area contributed by atoms with Gasteiger partial charge in [-0.3, -0.25) is 4.79 Å². The van der Waals surface area contributed by atoms with E-state index < -0.39 is 11.9 Å². The molecule has 240 valence electrons. The predicted molar refractivity (Wildman–Crippen MR) is 163 cm³/mol. The van der Waals surface area contributed by atoms with Crippen LogP contribution in [-0.4, -0.2) is 76.5 Å². The second-order valence-corrected chi connectivity index (χ2v) is 14.8. The summed E-state index contributed by atoms with van der Waals surface area (Å²) >= 11 is 0. The summed E-state index contributed by atoms with van der Waals surface area (Å²) in [5, 5.41) is 21.4. The number of aliphatic hydroxyl groups is 2. The van der Waals surface area contributed by atoms with E-state index in [2.05, 4.69) is 39.5 Å². The van der Waals surface area contributed by atoms with Gasteiger partial charge in [-0.1, -0.05) is 40.5 Å². The van der Waals surface area contributed by atoms with E-state index in [1.54, 1.807) is 20.8 Å². The lowest BCUT2D eigenvalue weighted by molar-refractivity contribution is -0.259. The van der Waals surface area contributed by atoms with Crippen LogP contribution in [0.5, 0.6) is 0 Å². The van der Waals surface area contributed by atoms with Crippen LogP contribution >= 0.6 is 0 Å². The molecule has 3 rings (SSSR count). The molecule has 0 aromatic heterocycles. The largest absolute Gasteiger partial charge is 0.393 e. The molecule has 10 atom stereocenters. The monoisotopic (exact) mass is 581 g/mol. The van der Waals surface area contributed by atoms with Crippen LogP contribution in [0.4, 0.5) is 0 Å². The molecule has 8 unspecified atom stereocenters. The van der Waals surface area contributed by atoms with Crippen molar-refractivity contribution < 1.29 is 29.2 Å². The van der Waals surface area contributed by atoms with Crippen molar-refractivity contribution in [3.8, 4) is 0 Å². The topological polar surface area (TPSA) is 88.5 Å². The molecule has 0 radical (unpaired) electrons. The molecular weight excluding hydrogens is 518 g/mol. The minimum absolute atomic E-state index is 0.0283. The van der Waals surface area contributed by atoms with Crippen molar-refractivity contribution in [3.63, 3.8) is 0 Å². The van der Waals surface area contributed by atoms with Gasteiger partial charge in [0, 0.05) is 18.4 Å². The highest BCUT2D eigenvalue weighted by atomic mass is 16.7. The number of aliphatic hydroxyl groups excluding tert-OH is 1. The third-order valence-corrected chi connectivity index (χ3v) is 10.1. The molecule has 0 aromatic rings. The fraction of sp³-hybridized carbons (Fsp3) is 0.971. The van der Waals surface area contributed by atoms with Crippen LogP contribution in [0.1, 0.15) is 132 Å². The lowest BCUT2D eigenvalue weighted by Crippen LogP contribution is -2.53. The Morgan fingerprint density at radius 2 is 1.78 bits per heavy atom. The van der Waals surface area contributed by atoms with Gasteiger partial charge in [0.1, 0.15) is 5.78 Å². The van der Waals surface area contributed by atoms with Gasteiger partial charge in [-0.05, 0) is 116 Å². The summed E-state index contributed by atoms with van der Waals surface area (Å²) in [6.07, 6.45) is 10.8. The zero-order valence-electron chi connectivity index (χ0n) is 27.6. The zero-order valence-corrected chi connectivity index (χ0v) is 27.6. The predicted octanol–water partition coefficient (Wildman–Crippen LogP) is 6.47. The summed E-state index contributed by atoms with van der Waals surface area (Å²) in [7, 11) is 0. The zero-order chi connectivity index (χ0) is 30.4. The van der Waals surface area contributed by atoms with Crippen molar-refractivity contribution in [1.29, 1.82) is 0 Å². The van der Waals surface area contributed by atoms with Crippen LogP contribution in [0.25, 0.3) is 0 Å². The summed E-state index contributed by atoms with van der Waals surface area (Å²) in [6, 6.07) is 0.502. The molecule has 0 amide bonds. The van der Waals surface area contributed by atoms with Gasteiger partial charge in [-0.15, -0.1) is 0 Å². The van der Waals surface area contributed by atoms with Crippen LogP contribution in [0.2, 0.25) is 0 Å². The normalized spacial score (nSPS) is 36.0. The first-order valence-corrected chi connectivity index (χ1v) is 16.8. The van der Waals surface area contributed by atoms with E-state index >= 15 is 0 Å². The molecule has 1 aliphatic carbocycles. The second kappa shape index (κ2) is 15.4. The number of nitrogens with zero attached hydrogens (tertiary/aromatic N) is 1. The van der Waals surface area contributed by atoms with E-state index in [9.17, 15) is 15.0 Å². The van der Waals surface area contributed by atoms with Gasteiger partial charge in [-0.25, -0.2) is 0 Å². The van der Waals surface area contributed by atoms with Gasteiger partial charge in [0.2, 0.25) is 0 Å². The molecule has 3 aliphatic rings. The number of hydrogen-bond acceptors (Lipinski definition) is 7.